The molecule has 154 valence electrons. The van der Waals surface area contributed by atoms with E-state index in [9.17, 15) is 9.59 Å². The number of nitrogens with zero attached hydrogens (tertiary/aromatic N) is 1. The van der Waals surface area contributed by atoms with E-state index in [-0.39, 0.29) is 18.0 Å². The fraction of sp³-hybridized carbons (Fsp3) is 0.619. The summed E-state index contributed by atoms with van der Waals surface area (Å²) in [6, 6.07) is 5.98. The van der Waals surface area contributed by atoms with Gasteiger partial charge in [0.25, 0.3) is 0 Å². The molecule has 2 amide bonds. The van der Waals surface area contributed by atoms with Gasteiger partial charge in [-0.15, -0.1) is 0 Å². The predicted molar refractivity (Wildman–Crippen MR) is 108 cm³/mol. The highest BCUT2D eigenvalue weighted by Crippen LogP contribution is 2.31. The molecule has 0 aromatic heterocycles. The van der Waals surface area contributed by atoms with E-state index in [0.29, 0.717) is 25.6 Å². The molecule has 7 heteroatoms. The number of nitrogens with one attached hydrogen (secondary N) is 2. The fourth-order valence-electron chi connectivity index (χ4n) is 3.56. The topological polar surface area (TPSA) is 79.9 Å². The van der Waals surface area contributed by atoms with E-state index in [4.69, 9.17) is 9.47 Å². The maximum Gasteiger partial charge on any atom is 0.407 e. The van der Waals surface area contributed by atoms with Gasteiger partial charge in [-0.05, 0) is 37.3 Å². The fourth-order valence-corrected chi connectivity index (χ4v) is 3.56. The summed E-state index contributed by atoms with van der Waals surface area (Å²) in [5.74, 6) is 1.27. The Kier molecular flexibility index (Phi) is 7.14. The van der Waals surface area contributed by atoms with E-state index in [1.54, 1.807) is 0 Å². The molecule has 0 unspecified atom stereocenters. The van der Waals surface area contributed by atoms with Crippen molar-refractivity contribution in [1.29, 1.82) is 0 Å². The van der Waals surface area contributed by atoms with Crippen molar-refractivity contribution in [2.45, 2.75) is 45.6 Å². The second-order valence-corrected chi connectivity index (χ2v) is 7.93. The van der Waals surface area contributed by atoms with Crippen molar-refractivity contribution in [3.8, 4) is 5.75 Å². The first kappa shape index (κ1) is 20.5. The Labute approximate surface area is 166 Å². The maximum atomic E-state index is 11.8. The summed E-state index contributed by atoms with van der Waals surface area (Å²) in [4.78, 5) is 25.7. The van der Waals surface area contributed by atoms with Crippen LogP contribution in [0.15, 0.2) is 18.2 Å². The molecule has 0 saturated carbocycles. The first-order valence-electron chi connectivity index (χ1n) is 10.2. The second kappa shape index (κ2) is 9.78. The number of anilines is 1. The number of alkyl carbamates (subject to hydrolysis) is 1. The van der Waals surface area contributed by atoms with Crippen LogP contribution in [-0.2, 0) is 16.0 Å². The molecule has 2 aliphatic heterocycles. The number of carbonyl (C=O) groups is 2. The predicted octanol–water partition coefficient (Wildman–Crippen LogP) is 2.80. The Balaban J connectivity index is 1.37. The van der Waals surface area contributed by atoms with Crippen molar-refractivity contribution in [2.24, 2.45) is 5.92 Å². The highest BCUT2D eigenvalue weighted by Gasteiger charge is 2.22. The molecule has 1 aromatic carbocycles. The van der Waals surface area contributed by atoms with Crippen LogP contribution in [0.3, 0.4) is 0 Å². The summed E-state index contributed by atoms with van der Waals surface area (Å²) in [5, 5.41) is 5.86. The van der Waals surface area contributed by atoms with Gasteiger partial charge in [-0.2, -0.15) is 0 Å². The number of fused-ring (bicyclic) bond motifs is 1. The number of rotatable bonds is 7. The van der Waals surface area contributed by atoms with Crippen molar-refractivity contribution in [3.63, 3.8) is 0 Å². The van der Waals surface area contributed by atoms with E-state index in [1.807, 2.05) is 32.0 Å². The number of amides is 2. The SMILES string of the molecule is CC(C)COC(=O)NC1CCN(CCOc2cccc3c2CCC(=O)N3)CC1. The molecule has 28 heavy (non-hydrogen) atoms. The lowest BCUT2D eigenvalue weighted by atomic mass is 10.0. The van der Waals surface area contributed by atoms with Gasteiger partial charge in [-0.1, -0.05) is 19.9 Å². The number of piperidine rings is 1. The summed E-state index contributed by atoms with van der Waals surface area (Å²) in [6.07, 6.45) is 2.76. The van der Waals surface area contributed by atoms with Gasteiger partial charge < -0.3 is 20.1 Å². The van der Waals surface area contributed by atoms with Crippen LogP contribution in [-0.4, -0.2) is 55.8 Å². The number of hydrogen-bond donors (Lipinski definition) is 2. The first-order chi connectivity index (χ1) is 13.5. The first-order valence-corrected chi connectivity index (χ1v) is 10.2. The zero-order valence-corrected chi connectivity index (χ0v) is 16.8. The normalized spacial score (nSPS) is 17.8. The molecule has 0 atom stereocenters. The lowest BCUT2D eigenvalue weighted by Gasteiger charge is -2.32. The summed E-state index contributed by atoms with van der Waals surface area (Å²) in [6.45, 7) is 7.82. The molecule has 0 bridgehead atoms. The largest absolute Gasteiger partial charge is 0.492 e. The molecule has 2 heterocycles. The number of ether oxygens (including phenoxy) is 2. The van der Waals surface area contributed by atoms with E-state index >= 15 is 0 Å². The number of likely N-dealkylation sites (tertiary alicyclic amines) is 1. The molecular formula is C21H31N3O4. The minimum Gasteiger partial charge on any atom is -0.492 e. The van der Waals surface area contributed by atoms with Gasteiger partial charge in [0.2, 0.25) is 5.91 Å². The molecule has 2 N–H and O–H groups in total. The van der Waals surface area contributed by atoms with Gasteiger partial charge >= 0.3 is 6.09 Å². The zero-order valence-electron chi connectivity index (χ0n) is 16.8. The lowest BCUT2D eigenvalue weighted by molar-refractivity contribution is -0.116. The van der Waals surface area contributed by atoms with E-state index < -0.39 is 0 Å². The average molecular weight is 389 g/mol. The summed E-state index contributed by atoms with van der Waals surface area (Å²) in [7, 11) is 0. The summed E-state index contributed by atoms with van der Waals surface area (Å²) in [5.41, 5.74) is 1.95. The van der Waals surface area contributed by atoms with Gasteiger partial charge in [-0.3, -0.25) is 9.69 Å². The zero-order chi connectivity index (χ0) is 19.9. The van der Waals surface area contributed by atoms with Gasteiger partial charge in [0.1, 0.15) is 12.4 Å². The molecule has 1 fully saturated rings. The van der Waals surface area contributed by atoms with Crippen LogP contribution in [0.5, 0.6) is 5.75 Å². The standard InChI is InChI=1S/C21H31N3O4/c1-15(2)14-28-21(26)22-16-8-10-24(11-9-16)12-13-27-19-5-3-4-18-17(19)6-7-20(25)23-18/h3-5,15-16H,6-14H2,1-2H3,(H,22,26)(H,23,25). The third-order valence-corrected chi connectivity index (χ3v) is 5.13. The van der Waals surface area contributed by atoms with Crippen LogP contribution in [0.2, 0.25) is 0 Å². The van der Waals surface area contributed by atoms with E-state index in [1.165, 1.54) is 0 Å². The molecule has 0 radical (unpaired) electrons. The van der Waals surface area contributed by atoms with Crippen LogP contribution in [0.25, 0.3) is 0 Å². The van der Waals surface area contributed by atoms with E-state index in [2.05, 4.69) is 15.5 Å². The van der Waals surface area contributed by atoms with Gasteiger partial charge in [-0.25, -0.2) is 4.79 Å². The van der Waals surface area contributed by atoms with Gasteiger partial charge in [0.15, 0.2) is 0 Å². The Morgan fingerprint density at radius 1 is 1.29 bits per heavy atom. The quantitative estimate of drug-likeness (QED) is 0.750. The molecule has 1 aromatic rings. The molecule has 2 aliphatic rings. The molecule has 0 spiro atoms. The smallest absolute Gasteiger partial charge is 0.407 e. The summed E-state index contributed by atoms with van der Waals surface area (Å²) < 4.78 is 11.2. The minimum absolute atomic E-state index is 0.0641. The molecule has 7 nitrogen and oxygen atoms in total. The van der Waals surface area contributed by atoms with Gasteiger partial charge in [0.05, 0.1) is 6.61 Å². The van der Waals surface area contributed by atoms with Crippen molar-refractivity contribution in [3.05, 3.63) is 23.8 Å². The molecular weight excluding hydrogens is 358 g/mol. The minimum atomic E-state index is -0.309. The van der Waals surface area contributed by atoms with Crippen LogP contribution in [0.1, 0.15) is 38.7 Å². The lowest BCUT2D eigenvalue weighted by Crippen LogP contribution is -2.45. The van der Waals surface area contributed by atoms with E-state index in [0.717, 1.165) is 55.9 Å². The maximum absolute atomic E-state index is 11.8. The van der Waals surface area contributed by atoms with Crippen molar-refractivity contribution >= 4 is 17.7 Å². The Hall–Kier alpha value is -2.28. The number of carbonyl (C=O) groups excluding carboxylic acids is 2. The molecule has 0 aliphatic carbocycles. The molecule has 1 saturated heterocycles. The third-order valence-electron chi connectivity index (χ3n) is 5.13. The average Bonchev–Trinajstić information content (AvgIpc) is 2.67. The summed E-state index contributed by atoms with van der Waals surface area (Å²) >= 11 is 0. The monoisotopic (exact) mass is 389 g/mol. The van der Waals surface area contributed by atoms with Crippen LogP contribution in [0, 0.1) is 5.92 Å². The Morgan fingerprint density at radius 2 is 2.07 bits per heavy atom. The van der Waals surface area contributed by atoms with Crippen molar-refractivity contribution in [1.82, 2.24) is 10.2 Å². The third kappa shape index (κ3) is 5.86. The number of hydrogen-bond acceptors (Lipinski definition) is 5. The van der Waals surface area contributed by atoms with Crippen LogP contribution in [0.4, 0.5) is 10.5 Å². The second-order valence-electron chi connectivity index (χ2n) is 7.93. The van der Waals surface area contributed by atoms with Crippen molar-refractivity contribution < 1.29 is 19.1 Å². The van der Waals surface area contributed by atoms with Crippen molar-refractivity contribution in [2.75, 3.05) is 38.2 Å². The Morgan fingerprint density at radius 3 is 2.82 bits per heavy atom. The van der Waals surface area contributed by atoms with Crippen LogP contribution >= 0.6 is 0 Å². The Bertz CT molecular complexity index is 684. The number of benzene rings is 1. The molecule has 3 rings (SSSR count). The van der Waals surface area contributed by atoms with Crippen LogP contribution < -0.4 is 15.4 Å². The van der Waals surface area contributed by atoms with Gasteiger partial charge in [0, 0.05) is 43.3 Å². The highest BCUT2D eigenvalue weighted by molar-refractivity contribution is 5.94. The highest BCUT2D eigenvalue weighted by atomic mass is 16.5.